The molecule has 0 aliphatic rings. The summed E-state index contributed by atoms with van der Waals surface area (Å²) in [6.07, 6.45) is 0.494. The summed E-state index contributed by atoms with van der Waals surface area (Å²) >= 11 is 0. The van der Waals surface area contributed by atoms with E-state index >= 15 is 0 Å². The normalized spacial score (nSPS) is 6.67. The van der Waals surface area contributed by atoms with Crippen molar-refractivity contribution in [3.05, 3.63) is 0 Å². The molecule has 0 radical (unpaired) electrons. The minimum Gasteiger partial charge on any atom is -0.477 e. The van der Waals surface area contributed by atoms with Crippen molar-refractivity contribution >= 4 is 13.7 Å². The van der Waals surface area contributed by atoms with Gasteiger partial charge >= 0.3 is 13.7 Å². The molecule has 0 atom stereocenters. The number of nitrogens with two attached hydrogens (primary N) is 1. The van der Waals surface area contributed by atoms with E-state index in [2.05, 4.69) is 15.4 Å². The Hall–Kier alpha value is -1.42. The van der Waals surface area contributed by atoms with Crippen molar-refractivity contribution in [3.8, 4) is 6.26 Å². The van der Waals surface area contributed by atoms with Gasteiger partial charge in [-0.25, -0.2) is 4.79 Å². The monoisotopic (exact) mass is 129 g/mol. The summed E-state index contributed by atoms with van der Waals surface area (Å²) in [5.74, 6) is 4.40. The van der Waals surface area contributed by atoms with Gasteiger partial charge < -0.3 is 14.7 Å². The molecule has 0 unspecified atom stereocenters. The maximum absolute atomic E-state index is 10.0. The summed E-state index contributed by atoms with van der Waals surface area (Å²) in [4.78, 5) is 13.7. The lowest BCUT2D eigenvalue weighted by molar-refractivity contribution is 0.153. The van der Waals surface area contributed by atoms with E-state index in [0.717, 1.165) is 0 Å². The molecule has 48 valence electrons. The van der Waals surface area contributed by atoms with Crippen LogP contribution in [0.5, 0.6) is 0 Å². The van der Waals surface area contributed by atoms with Crippen LogP contribution in [0.25, 0.3) is 0 Å². The molecular weight excluding hydrogens is 125 g/mol. The fourth-order valence-corrected chi connectivity index (χ4v) is 0.169. The Morgan fingerprint density at radius 2 is 2.56 bits per heavy atom. The summed E-state index contributed by atoms with van der Waals surface area (Å²) in [6, 6.07) is 0. The second kappa shape index (κ2) is 4.74. The molecule has 0 spiro atoms. The van der Waals surface area contributed by atoms with Crippen molar-refractivity contribution in [2.75, 3.05) is 0 Å². The molecule has 0 bridgehead atoms. The van der Waals surface area contributed by atoms with Crippen LogP contribution in [-0.2, 0) is 9.49 Å². The van der Waals surface area contributed by atoms with Gasteiger partial charge in [0.15, 0.2) is 0 Å². The standard InChI is InChI=1S/C2H4BN3O3/c4-1-8-3-6-2(7)9-5/h3H,5H2,(H,6,7). The maximum atomic E-state index is 10.0. The van der Waals surface area contributed by atoms with Crippen LogP contribution in [0.2, 0.25) is 0 Å². The molecule has 0 fully saturated rings. The highest BCUT2D eigenvalue weighted by atomic mass is 16.7. The molecule has 0 saturated heterocycles. The van der Waals surface area contributed by atoms with Gasteiger partial charge in [-0.1, -0.05) is 0 Å². The van der Waals surface area contributed by atoms with E-state index in [4.69, 9.17) is 5.26 Å². The molecule has 0 aromatic carbocycles. The van der Waals surface area contributed by atoms with Crippen LogP contribution in [-0.4, -0.2) is 13.7 Å². The van der Waals surface area contributed by atoms with E-state index in [1.165, 1.54) is 6.26 Å². The number of hydrogen-bond donors (Lipinski definition) is 2. The first kappa shape index (κ1) is 7.58. The van der Waals surface area contributed by atoms with E-state index in [1.807, 2.05) is 5.23 Å². The summed E-state index contributed by atoms with van der Waals surface area (Å²) in [7, 11) is -0.230. The molecular formula is C2H4BN3O3. The Balaban J connectivity index is 3.09. The molecule has 6 nitrogen and oxygen atoms in total. The Labute approximate surface area is 51.8 Å². The number of nitrogens with one attached hydrogen (secondary N) is 1. The number of carbonyl (C=O) groups excluding carboxylic acids is 1. The van der Waals surface area contributed by atoms with Gasteiger partial charge in [-0.3, -0.25) is 0 Å². The number of hydrogen-bond acceptors (Lipinski definition) is 5. The van der Waals surface area contributed by atoms with Crippen molar-refractivity contribution in [3.63, 3.8) is 0 Å². The van der Waals surface area contributed by atoms with Crippen LogP contribution in [0.15, 0.2) is 0 Å². The molecule has 0 aliphatic heterocycles. The minimum absolute atomic E-state index is 0.230. The van der Waals surface area contributed by atoms with Crippen molar-refractivity contribution in [1.82, 2.24) is 5.23 Å². The molecule has 0 heterocycles. The highest BCUT2D eigenvalue weighted by molar-refractivity contribution is 6.29. The number of nitrogens with zero attached hydrogens (tertiary/aromatic N) is 1. The highest BCUT2D eigenvalue weighted by Crippen LogP contribution is 1.64. The molecule has 0 aromatic heterocycles. The van der Waals surface area contributed by atoms with Gasteiger partial charge in [0, 0.05) is 0 Å². The summed E-state index contributed by atoms with van der Waals surface area (Å²) in [5, 5.41) is 9.76. The number of carbonyl (C=O) groups is 1. The number of rotatable bonds is 2. The van der Waals surface area contributed by atoms with Gasteiger partial charge in [-0.15, -0.1) is 0 Å². The molecule has 0 saturated carbocycles. The number of amides is 1. The second-order valence-electron chi connectivity index (χ2n) is 0.962. The van der Waals surface area contributed by atoms with Gasteiger partial charge in [0.1, 0.15) is 0 Å². The topological polar surface area (TPSA) is 97.4 Å². The van der Waals surface area contributed by atoms with E-state index < -0.39 is 6.09 Å². The first-order valence-corrected chi connectivity index (χ1v) is 1.96. The summed E-state index contributed by atoms with van der Waals surface area (Å²) < 4.78 is 4.04. The fourth-order valence-electron chi connectivity index (χ4n) is 0.169. The maximum Gasteiger partial charge on any atom is 0.478 e. The molecule has 0 aliphatic carbocycles. The molecule has 0 aromatic rings. The van der Waals surface area contributed by atoms with Crippen LogP contribution in [0.4, 0.5) is 4.79 Å². The average Bonchev–Trinajstić information content (AvgIpc) is 1.89. The Morgan fingerprint density at radius 3 is 3.00 bits per heavy atom. The SMILES string of the molecule is N#COBNC(=O)ON. The number of nitriles is 1. The summed E-state index contributed by atoms with van der Waals surface area (Å²) in [5.41, 5.74) is 0. The van der Waals surface area contributed by atoms with Crippen molar-refractivity contribution in [1.29, 1.82) is 5.26 Å². The zero-order chi connectivity index (χ0) is 7.11. The lowest BCUT2D eigenvalue weighted by atomic mass is 10.3. The van der Waals surface area contributed by atoms with Crippen molar-refractivity contribution in [2.24, 2.45) is 5.90 Å². The van der Waals surface area contributed by atoms with Gasteiger partial charge in [0.2, 0.25) is 0 Å². The predicted molar refractivity (Wildman–Crippen MR) is 27.7 cm³/mol. The van der Waals surface area contributed by atoms with Crippen LogP contribution >= 0.6 is 0 Å². The highest BCUT2D eigenvalue weighted by Gasteiger charge is 1.98. The molecule has 7 heteroatoms. The fraction of sp³-hybridized carbons (Fsp3) is 0. The lowest BCUT2D eigenvalue weighted by Gasteiger charge is -1.95. The third kappa shape index (κ3) is 4.44. The lowest BCUT2D eigenvalue weighted by Crippen LogP contribution is -2.30. The first-order valence-electron chi connectivity index (χ1n) is 1.96. The molecule has 1 amide bonds. The van der Waals surface area contributed by atoms with Crippen molar-refractivity contribution < 1.29 is 14.3 Å². The van der Waals surface area contributed by atoms with E-state index in [1.54, 1.807) is 0 Å². The van der Waals surface area contributed by atoms with Gasteiger partial charge in [-0.05, 0) is 0 Å². The largest absolute Gasteiger partial charge is 0.478 e. The predicted octanol–water partition coefficient (Wildman–Crippen LogP) is -1.65. The van der Waals surface area contributed by atoms with Crippen LogP contribution in [0.1, 0.15) is 0 Å². The summed E-state index contributed by atoms with van der Waals surface area (Å²) in [6.45, 7) is 0. The second-order valence-corrected chi connectivity index (χ2v) is 0.962. The van der Waals surface area contributed by atoms with E-state index in [0.29, 0.717) is 0 Å². The Kier molecular flexibility index (Phi) is 3.99. The smallest absolute Gasteiger partial charge is 0.477 e. The van der Waals surface area contributed by atoms with Crippen LogP contribution < -0.4 is 11.1 Å². The quantitative estimate of drug-likeness (QED) is 0.201. The van der Waals surface area contributed by atoms with E-state index in [-0.39, 0.29) is 7.62 Å². The van der Waals surface area contributed by atoms with Crippen LogP contribution in [0.3, 0.4) is 0 Å². The third-order valence-corrected chi connectivity index (χ3v) is 0.460. The Bertz CT molecular complexity index is 132. The first-order chi connectivity index (χ1) is 4.31. The minimum atomic E-state index is -0.842. The van der Waals surface area contributed by atoms with Gasteiger partial charge in [0.05, 0.1) is 0 Å². The van der Waals surface area contributed by atoms with Gasteiger partial charge in [0.25, 0.3) is 6.26 Å². The van der Waals surface area contributed by atoms with E-state index in [9.17, 15) is 4.79 Å². The zero-order valence-electron chi connectivity index (χ0n) is 4.46. The Morgan fingerprint density at radius 1 is 1.89 bits per heavy atom. The molecule has 9 heavy (non-hydrogen) atoms. The third-order valence-electron chi connectivity index (χ3n) is 0.460. The molecule has 0 rings (SSSR count). The van der Waals surface area contributed by atoms with Crippen molar-refractivity contribution in [2.45, 2.75) is 0 Å². The molecule has 3 N–H and O–H groups in total. The van der Waals surface area contributed by atoms with Crippen LogP contribution in [0, 0.1) is 11.5 Å². The average molecular weight is 129 g/mol. The zero-order valence-corrected chi connectivity index (χ0v) is 4.46. The van der Waals surface area contributed by atoms with Gasteiger partial charge in [-0.2, -0.15) is 11.2 Å².